The van der Waals surface area contributed by atoms with Gasteiger partial charge in [-0.05, 0) is 61.7 Å². The standard InChI is InChI=1S/C30H33N5O5/c1-3-39-22-16-14-21(15-17-22)29(30(37)31-19-23-9-8-18-40-23)35(26-12-6-7-13-27(26)38-2)28(36)20-34-25-11-5-4-10-24(25)32-33-34/h4-7,10-17,23,29H,3,8-9,18-20H2,1-2H3,(H,31,37). The maximum absolute atomic E-state index is 14.2. The number of methoxy groups -OCH3 is 1. The Kier molecular flexibility index (Phi) is 8.56. The second kappa shape index (κ2) is 12.6. The normalized spacial score (nSPS) is 15.5. The second-order valence-corrected chi connectivity index (χ2v) is 9.46. The number of aromatic nitrogens is 3. The first kappa shape index (κ1) is 27.1. The van der Waals surface area contributed by atoms with Gasteiger partial charge in [0.1, 0.15) is 29.6 Å². The summed E-state index contributed by atoms with van der Waals surface area (Å²) in [7, 11) is 1.54. The van der Waals surface area contributed by atoms with E-state index in [1.165, 1.54) is 12.0 Å². The van der Waals surface area contributed by atoms with Crippen molar-refractivity contribution in [1.29, 1.82) is 0 Å². The molecule has 4 aromatic rings. The molecule has 0 bridgehead atoms. The highest BCUT2D eigenvalue weighted by Crippen LogP contribution is 2.36. The minimum absolute atomic E-state index is 0.0538. The van der Waals surface area contributed by atoms with Gasteiger partial charge in [0, 0.05) is 13.2 Å². The summed E-state index contributed by atoms with van der Waals surface area (Å²) in [5.41, 5.74) is 2.48. The van der Waals surface area contributed by atoms with E-state index in [1.807, 2.05) is 55.5 Å². The summed E-state index contributed by atoms with van der Waals surface area (Å²) in [5, 5.41) is 11.4. The Bertz CT molecular complexity index is 1450. The molecule has 1 saturated heterocycles. The first-order chi connectivity index (χ1) is 19.6. The van der Waals surface area contributed by atoms with E-state index in [0.717, 1.165) is 18.4 Å². The maximum Gasteiger partial charge on any atom is 0.249 e. The molecule has 2 amide bonds. The topological polar surface area (TPSA) is 108 Å². The largest absolute Gasteiger partial charge is 0.495 e. The number of ether oxygens (including phenoxy) is 3. The predicted molar refractivity (Wildman–Crippen MR) is 150 cm³/mol. The van der Waals surface area contributed by atoms with Gasteiger partial charge in [-0.3, -0.25) is 14.5 Å². The summed E-state index contributed by atoms with van der Waals surface area (Å²) in [6.45, 7) is 3.33. The molecule has 1 aromatic heterocycles. The Morgan fingerprint density at radius 2 is 1.88 bits per heavy atom. The van der Waals surface area contributed by atoms with Gasteiger partial charge < -0.3 is 19.5 Å². The van der Waals surface area contributed by atoms with Crippen LogP contribution in [-0.4, -0.2) is 59.8 Å². The average Bonchev–Trinajstić information content (AvgIpc) is 3.66. The maximum atomic E-state index is 14.2. The molecule has 0 radical (unpaired) electrons. The molecule has 0 aliphatic carbocycles. The lowest BCUT2D eigenvalue weighted by Gasteiger charge is -2.32. The summed E-state index contributed by atoms with van der Waals surface area (Å²) >= 11 is 0. The molecule has 40 heavy (non-hydrogen) atoms. The Hall–Kier alpha value is -4.44. The molecule has 1 aliphatic rings. The van der Waals surface area contributed by atoms with Crippen LogP contribution in [0.2, 0.25) is 0 Å². The average molecular weight is 544 g/mol. The van der Waals surface area contributed by atoms with Crippen LogP contribution in [-0.2, 0) is 20.9 Å². The zero-order valence-corrected chi connectivity index (χ0v) is 22.7. The minimum atomic E-state index is -1.00. The number of hydrogen-bond acceptors (Lipinski definition) is 7. The third kappa shape index (κ3) is 5.91. The van der Waals surface area contributed by atoms with Crippen molar-refractivity contribution in [3.8, 4) is 11.5 Å². The van der Waals surface area contributed by atoms with E-state index in [4.69, 9.17) is 14.2 Å². The van der Waals surface area contributed by atoms with Gasteiger partial charge in [0.15, 0.2) is 0 Å². The van der Waals surface area contributed by atoms with Crippen molar-refractivity contribution in [3.63, 3.8) is 0 Å². The van der Waals surface area contributed by atoms with E-state index in [-0.39, 0.29) is 24.5 Å². The van der Waals surface area contributed by atoms with Crippen LogP contribution in [0, 0.1) is 0 Å². The van der Waals surface area contributed by atoms with Crippen molar-refractivity contribution in [2.45, 2.75) is 38.5 Å². The van der Waals surface area contributed by atoms with Gasteiger partial charge >= 0.3 is 0 Å². The summed E-state index contributed by atoms with van der Waals surface area (Å²) in [4.78, 5) is 29.7. The van der Waals surface area contributed by atoms with Gasteiger partial charge in [-0.1, -0.05) is 41.6 Å². The van der Waals surface area contributed by atoms with Crippen molar-refractivity contribution in [2.24, 2.45) is 0 Å². The number of carbonyl (C=O) groups excluding carboxylic acids is 2. The van der Waals surface area contributed by atoms with Gasteiger partial charge in [0.05, 0.1) is 31.0 Å². The van der Waals surface area contributed by atoms with E-state index in [1.54, 1.807) is 28.9 Å². The van der Waals surface area contributed by atoms with Crippen molar-refractivity contribution < 1.29 is 23.8 Å². The van der Waals surface area contributed by atoms with E-state index in [0.29, 0.717) is 48.0 Å². The summed E-state index contributed by atoms with van der Waals surface area (Å²) in [5.74, 6) is 0.449. The number of anilines is 1. The fourth-order valence-corrected chi connectivity index (χ4v) is 4.93. The molecular formula is C30H33N5O5. The number of amides is 2. The number of hydrogen-bond donors (Lipinski definition) is 1. The summed E-state index contributed by atoms with van der Waals surface area (Å²) < 4.78 is 18.5. The third-order valence-electron chi connectivity index (χ3n) is 6.86. The predicted octanol–water partition coefficient (Wildman–Crippen LogP) is 3.91. The minimum Gasteiger partial charge on any atom is -0.495 e. The van der Waals surface area contributed by atoms with Crippen LogP contribution in [0.4, 0.5) is 5.69 Å². The number of carbonyl (C=O) groups is 2. The SMILES string of the molecule is CCOc1ccc(C(C(=O)NCC2CCCO2)N(C(=O)Cn2nnc3ccccc32)c2ccccc2OC)cc1. The van der Waals surface area contributed by atoms with E-state index >= 15 is 0 Å². The molecule has 2 atom stereocenters. The highest BCUT2D eigenvalue weighted by Gasteiger charge is 2.35. The first-order valence-electron chi connectivity index (χ1n) is 13.4. The quantitative estimate of drug-likeness (QED) is 0.306. The van der Waals surface area contributed by atoms with Crippen LogP contribution in [0.5, 0.6) is 11.5 Å². The smallest absolute Gasteiger partial charge is 0.249 e. The van der Waals surface area contributed by atoms with Crippen LogP contribution in [0.1, 0.15) is 31.4 Å². The van der Waals surface area contributed by atoms with Crippen LogP contribution in [0.3, 0.4) is 0 Å². The number of rotatable bonds is 11. The Labute approximate surface area is 232 Å². The molecule has 10 nitrogen and oxygen atoms in total. The fraction of sp³-hybridized carbons (Fsp3) is 0.333. The summed E-state index contributed by atoms with van der Waals surface area (Å²) in [6.07, 6.45) is 1.78. The molecule has 0 spiro atoms. The number of nitrogens with zero attached hydrogens (tertiary/aromatic N) is 4. The van der Waals surface area contributed by atoms with Gasteiger partial charge in [0.25, 0.3) is 0 Å². The Morgan fingerprint density at radius 1 is 1.10 bits per heavy atom. The lowest BCUT2D eigenvalue weighted by atomic mass is 10.0. The van der Waals surface area contributed by atoms with E-state index in [9.17, 15) is 9.59 Å². The zero-order valence-electron chi connectivity index (χ0n) is 22.7. The second-order valence-electron chi connectivity index (χ2n) is 9.46. The van der Waals surface area contributed by atoms with Crippen LogP contribution in [0.25, 0.3) is 11.0 Å². The summed E-state index contributed by atoms with van der Waals surface area (Å²) in [6, 6.07) is 20.8. The van der Waals surface area contributed by atoms with Gasteiger partial charge in [-0.15, -0.1) is 5.10 Å². The lowest BCUT2D eigenvalue weighted by molar-refractivity contribution is -0.127. The Balaban J connectivity index is 1.56. The monoisotopic (exact) mass is 543 g/mol. The highest BCUT2D eigenvalue weighted by atomic mass is 16.5. The molecule has 10 heteroatoms. The molecule has 2 heterocycles. The molecular weight excluding hydrogens is 510 g/mol. The molecule has 0 saturated carbocycles. The molecule has 5 rings (SSSR count). The number of fused-ring (bicyclic) bond motifs is 1. The van der Waals surface area contributed by atoms with Crippen molar-refractivity contribution in [1.82, 2.24) is 20.3 Å². The van der Waals surface area contributed by atoms with Crippen molar-refractivity contribution in [2.75, 3.05) is 31.8 Å². The third-order valence-corrected chi connectivity index (χ3v) is 6.86. The van der Waals surface area contributed by atoms with Crippen LogP contribution < -0.4 is 19.7 Å². The van der Waals surface area contributed by atoms with Gasteiger partial charge in [-0.2, -0.15) is 0 Å². The van der Waals surface area contributed by atoms with Crippen LogP contribution >= 0.6 is 0 Å². The van der Waals surface area contributed by atoms with Gasteiger partial charge in [-0.25, -0.2) is 4.68 Å². The molecule has 1 fully saturated rings. The molecule has 208 valence electrons. The van der Waals surface area contributed by atoms with E-state index < -0.39 is 6.04 Å². The number of benzene rings is 3. The van der Waals surface area contributed by atoms with Crippen LogP contribution in [0.15, 0.2) is 72.8 Å². The lowest BCUT2D eigenvalue weighted by Crippen LogP contribution is -2.46. The molecule has 2 unspecified atom stereocenters. The fourth-order valence-electron chi connectivity index (χ4n) is 4.93. The van der Waals surface area contributed by atoms with E-state index in [2.05, 4.69) is 15.6 Å². The van der Waals surface area contributed by atoms with Crippen molar-refractivity contribution in [3.05, 3.63) is 78.4 Å². The first-order valence-corrected chi connectivity index (χ1v) is 13.4. The molecule has 1 N–H and O–H groups in total. The van der Waals surface area contributed by atoms with Crippen molar-refractivity contribution >= 4 is 28.5 Å². The number of nitrogens with one attached hydrogen (secondary N) is 1. The van der Waals surface area contributed by atoms with Gasteiger partial charge in [0.2, 0.25) is 11.8 Å². The highest BCUT2D eigenvalue weighted by molar-refractivity contribution is 6.02. The molecule has 1 aliphatic heterocycles. The molecule has 3 aromatic carbocycles. The Morgan fingerprint density at radius 3 is 2.62 bits per heavy atom. The zero-order chi connectivity index (χ0) is 27.9. The number of para-hydroxylation sites is 3.